The van der Waals surface area contributed by atoms with Gasteiger partial charge in [-0.1, -0.05) is 25.1 Å². The first-order valence-corrected chi connectivity index (χ1v) is 8.58. The van der Waals surface area contributed by atoms with Gasteiger partial charge >= 0.3 is 0 Å². The van der Waals surface area contributed by atoms with Gasteiger partial charge in [0.25, 0.3) is 5.91 Å². The lowest BCUT2D eigenvalue weighted by Gasteiger charge is -2.18. The maximum absolute atomic E-state index is 12.2. The predicted molar refractivity (Wildman–Crippen MR) is 97.3 cm³/mol. The second-order valence-corrected chi connectivity index (χ2v) is 6.91. The molecule has 1 aliphatic rings. The lowest BCUT2D eigenvalue weighted by Crippen LogP contribution is -2.25. The maximum atomic E-state index is 12.2. The van der Waals surface area contributed by atoms with Crippen LogP contribution in [0.1, 0.15) is 37.6 Å². The number of nitrogens with one attached hydrogen (secondary N) is 1. The molecule has 1 amide bonds. The van der Waals surface area contributed by atoms with E-state index in [1.165, 1.54) is 5.56 Å². The van der Waals surface area contributed by atoms with E-state index in [2.05, 4.69) is 17.2 Å². The van der Waals surface area contributed by atoms with E-state index in [-0.39, 0.29) is 18.1 Å². The molecule has 2 heterocycles. The number of carbonyl (C=O) groups excluding carboxylic acids is 1. The zero-order valence-electron chi connectivity index (χ0n) is 15.2. The number of nitrogens with zero attached hydrogens (tertiary/aromatic N) is 1. The van der Waals surface area contributed by atoms with Crippen LogP contribution in [-0.4, -0.2) is 23.1 Å². The minimum atomic E-state index is -0.244. The SMILES string of the molecule is CCc1ccc(NC(=O)COc2cccc3c2OC(C)(C)C3)nc1C. The van der Waals surface area contributed by atoms with Gasteiger partial charge in [0.2, 0.25) is 0 Å². The number of pyridine rings is 1. The molecule has 0 fully saturated rings. The van der Waals surface area contributed by atoms with Gasteiger partial charge in [-0.15, -0.1) is 0 Å². The van der Waals surface area contributed by atoms with Gasteiger partial charge in [-0.3, -0.25) is 4.79 Å². The summed E-state index contributed by atoms with van der Waals surface area (Å²) >= 11 is 0. The fourth-order valence-corrected chi connectivity index (χ4v) is 3.06. The Bertz CT molecular complexity index is 800. The van der Waals surface area contributed by atoms with E-state index in [4.69, 9.17) is 9.47 Å². The van der Waals surface area contributed by atoms with Crippen LogP contribution in [-0.2, 0) is 17.6 Å². The normalized spacial score (nSPS) is 14.6. The highest BCUT2D eigenvalue weighted by atomic mass is 16.5. The van der Waals surface area contributed by atoms with Crippen LogP contribution in [0.25, 0.3) is 0 Å². The van der Waals surface area contributed by atoms with E-state index in [0.717, 1.165) is 29.8 Å². The van der Waals surface area contributed by atoms with E-state index in [9.17, 15) is 4.79 Å². The maximum Gasteiger partial charge on any atom is 0.263 e. The Morgan fingerprint density at radius 2 is 2.12 bits per heavy atom. The van der Waals surface area contributed by atoms with E-state index in [1.54, 1.807) is 0 Å². The number of ether oxygens (including phenoxy) is 2. The van der Waals surface area contributed by atoms with Crippen molar-refractivity contribution in [2.45, 2.75) is 46.1 Å². The van der Waals surface area contributed by atoms with Crippen LogP contribution in [0.4, 0.5) is 5.82 Å². The van der Waals surface area contributed by atoms with E-state index in [0.29, 0.717) is 11.6 Å². The van der Waals surface area contributed by atoms with Crippen LogP contribution < -0.4 is 14.8 Å². The molecular weight excluding hydrogens is 316 g/mol. The number of carbonyl (C=O) groups is 1. The van der Waals surface area contributed by atoms with Crippen molar-refractivity contribution in [3.63, 3.8) is 0 Å². The highest BCUT2D eigenvalue weighted by Crippen LogP contribution is 2.41. The Balaban J connectivity index is 1.62. The van der Waals surface area contributed by atoms with Crippen molar-refractivity contribution >= 4 is 11.7 Å². The Kier molecular flexibility index (Phi) is 4.66. The van der Waals surface area contributed by atoms with Crippen molar-refractivity contribution in [1.82, 2.24) is 4.98 Å². The number of benzene rings is 1. The van der Waals surface area contributed by atoms with Crippen LogP contribution in [0.3, 0.4) is 0 Å². The molecular formula is C20H24N2O3. The van der Waals surface area contributed by atoms with Gasteiger partial charge in [-0.25, -0.2) is 4.98 Å². The third-order valence-corrected chi connectivity index (χ3v) is 4.26. The summed E-state index contributed by atoms with van der Waals surface area (Å²) in [6.45, 7) is 8.01. The summed E-state index contributed by atoms with van der Waals surface area (Å²) in [5, 5.41) is 2.77. The summed E-state index contributed by atoms with van der Waals surface area (Å²) in [7, 11) is 0. The molecule has 0 unspecified atom stereocenters. The molecule has 1 aromatic carbocycles. The highest BCUT2D eigenvalue weighted by Gasteiger charge is 2.32. The van der Waals surface area contributed by atoms with Gasteiger partial charge in [-0.2, -0.15) is 0 Å². The van der Waals surface area contributed by atoms with Crippen LogP contribution >= 0.6 is 0 Å². The molecule has 1 aliphatic heterocycles. The van der Waals surface area contributed by atoms with Crippen LogP contribution in [0.15, 0.2) is 30.3 Å². The molecule has 0 atom stereocenters. The summed E-state index contributed by atoms with van der Waals surface area (Å²) in [6.07, 6.45) is 1.75. The molecule has 1 aromatic heterocycles. The summed E-state index contributed by atoms with van der Waals surface area (Å²) < 4.78 is 11.6. The van der Waals surface area contributed by atoms with Crippen molar-refractivity contribution in [2.24, 2.45) is 0 Å². The number of anilines is 1. The largest absolute Gasteiger partial charge is 0.483 e. The number of aryl methyl sites for hydroxylation is 2. The summed E-state index contributed by atoms with van der Waals surface area (Å²) in [5.74, 6) is 1.63. The highest BCUT2D eigenvalue weighted by molar-refractivity contribution is 5.91. The van der Waals surface area contributed by atoms with Crippen LogP contribution in [0.2, 0.25) is 0 Å². The van der Waals surface area contributed by atoms with Crippen molar-refractivity contribution in [2.75, 3.05) is 11.9 Å². The fraction of sp³-hybridized carbons (Fsp3) is 0.400. The van der Waals surface area contributed by atoms with E-state index < -0.39 is 0 Å². The minimum Gasteiger partial charge on any atom is -0.483 e. The number of amides is 1. The average molecular weight is 340 g/mol. The van der Waals surface area contributed by atoms with Gasteiger partial charge in [0.1, 0.15) is 11.4 Å². The lowest BCUT2D eigenvalue weighted by molar-refractivity contribution is -0.118. The van der Waals surface area contributed by atoms with E-state index in [1.807, 2.05) is 51.1 Å². The molecule has 3 rings (SSSR count). The second kappa shape index (κ2) is 6.75. The molecule has 0 spiro atoms. The van der Waals surface area contributed by atoms with Crippen molar-refractivity contribution in [3.8, 4) is 11.5 Å². The first-order valence-electron chi connectivity index (χ1n) is 8.58. The first-order chi connectivity index (χ1) is 11.9. The fourth-order valence-electron chi connectivity index (χ4n) is 3.06. The molecule has 5 heteroatoms. The summed E-state index contributed by atoms with van der Waals surface area (Å²) in [6, 6.07) is 9.57. The molecule has 1 N–H and O–H groups in total. The van der Waals surface area contributed by atoms with Gasteiger partial charge in [0, 0.05) is 17.7 Å². The average Bonchev–Trinajstić information content (AvgIpc) is 2.87. The van der Waals surface area contributed by atoms with Crippen molar-refractivity contribution < 1.29 is 14.3 Å². The van der Waals surface area contributed by atoms with Gasteiger partial charge in [0.15, 0.2) is 18.1 Å². The van der Waals surface area contributed by atoms with Gasteiger partial charge < -0.3 is 14.8 Å². The minimum absolute atomic E-state index is 0.0868. The topological polar surface area (TPSA) is 60.5 Å². The van der Waals surface area contributed by atoms with Gasteiger partial charge in [0.05, 0.1) is 0 Å². The second-order valence-electron chi connectivity index (χ2n) is 6.91. The molecule has 0 radical (unpaired) electrons. The third kappa shape index (κ3) is 3.92. The molecule has 25 heavy (non-hydrogen) atoms. The van der Waals surface area contributed by atoms with Crippen molar-refractivity contribution in [1.29, 1.82) is 0 Å². The quantitative estimate of drug-likeness (QED) is 0.902. The number of hydrogen-bond acceptors (Lipinski definition) is 4. The number of rotatable bonds is 5. The Hall–Kier alpha value is -2.56. The number of aromatic nitrogens is 1. The smallest absolute Gasteiger partial charge is 0.263 e. The predicted octanol–water partition coefficient (Wildman–Crippen LogP) is 3.68. The van der Waals surface area contributed by atoms with E-state index >= 15 is 0 Å². The zero-order valence-corrected chi connectivity index (χ0v) is 15.2. The molecule has 2 aromatic rings. The first kappa shape index (κ1) is 17.3. The monoisotopic (exact) mass is 340 g/mol. The van der Waals surface area contributed by atoms with Gasteiger partial charge in [-0.05, 0) is 44.9 Å². The number of hydrogen-bond donors (Lipinski definition) is 1. The molecule has 0 saturated carbocycles. The molecule has 0 bridgehead atoms. The summed E-state index contributed by atoms with van der Waals surface area (Å²) in [4.78, 5) is 16.6. The summed E-state index contributed by atoms with van der Waals surface area (Å²) in [5.41, 5.74) is 2.97. The van der Waals surface area contributed by atoms with Crippen molar-refractivity contribution in [3.05, 3.63) is 47.2 Å². The van der Waals surface area contributed by atoms with Crippen LogP contribution in [0.5, 0.6) is 11.5 Å². The molecule has 132 valence electrons. The Morgan fingerprint density at radius 1 is 1.32 bits per heavy atom. The van der Waals surface area contributed by atoms with Crippen LogP contribution in [0, 0.1) is 6.92 Å². The Labute approximate surface area is 148 Å². The number of para-hydroxylation sites is 1. The molecule has 5 nitrogen and oxygen atoms in total. The third-order valence-electron chi connectivity index (χ3n) is 4.26. The lowest BCUT2D eigenvalue weighted by atomic mass is 10.0. The zero-order chi connectivity index (χ0) is 18.0. The molecule has 0 saturated heterocycles. The Morgan fingerprint density at radius 3 is 2.84 bits per heavy atom. The number of fused-ring (bicyclic) bond motifs is 1. The molecule has 0 aliphatic carbocycles. The standard InChI is InChI=1S/C20H24N2O3/c1-5-14-9-10-17(21-13(14)2)22-18(23)12-24-16-8-6-7-15-11-20(3,4)25-19(15)16/h6-10H,5,11-12H2,1-4H3,(H,21,22,23).